The van der Waals surface area contributed by atoms with Crippen molar-refractivity contribution in [1.82, 2.24) is 5.32 Å². The molecule has 0 aliphatic rings. The van der Waals surface area contributed by atoms with Crippen molar-refractivity contribution in [1.29, 1.82) is 0 Å². The van der Waals surface area contributed by atoms with Gasteiger partial charge < -0.3 is 10.1 Å². The highest BCUT2D eigenvalue weighted by Crippen LogP contribution is 2.32. The fourth-order valence-corrected chi connectivity index (χ4v) is 2.24. The van der Waals surface area contributed by atoms with E-state index in [0.29, 0.717) is 5.02 Å². The zero-order valence-electron chi connectivity index (χ0n) is 10.8. The zero-order valence-corrected chi connectivity index (χ0v) is 13.1. The molecule has 100 valence electrons. The predicted octanol–water partition coefficient (Wildman–Crippen LogP) is 5.18. The summed E-state index contributed by atoms with van der Waals surface area (Å²) in [6.07, 6.45) is 0. The molecule has 1 N–H and O–H groups in total. The van der Waals surface area contributed by atoms with Gasteiger partial charge in [-0.05, 0) is 56.4 Å². The molecule has 0 saturated heterocycles. The zero-order chi connectivity index (χ0) is 13.8. The predicted molar refractivity (Wildman–Crippen MR) is 83.1 cm³/mol. The van der Waals surface area contributed by atoms with Crippen LogP contribution < -0.4 is 10.1 Å². The van der Waals surface area contributed by atoms with Crippen LogP contribution in [-0.4, -0.2) is 7.05 Å². The first-order valence-electron chi connectivity index (χ1n) is 6.00. The molecule has 0 heterocycles. The van der Waals surface area contributed by atoms with Gasteiger partial charge in [0.05, 0.1) is 0 Å². The Balaban J connectivity index is 2.31. The van der Waals surface area contributed by atoms with Crippen molar-refractivity contribution in [2.24, 2.45) is 0 Å². The van der Waals surface area contributed by atoms with E-state index in [9.17, 15) is 0 Å². The van der Waals surface area contributed by atoms with Crippen LogP contribution in [0.5, 0.6) is 11.5 Å². The molecule has 0 spiro atoms. The summed E-state index contributed by atoms with van der Waals surface area (Å²) in [5, 5.41) is 3.92. The first kappa shape index (κ1) is 14.4. The van der Waals surface area contributed by atoms with Gasteiger partial charge in [-0.2, -0.15) is 0 Å². The van der Waals surface area contributed by atoms with Crippen LogP contribution >= 0.6 is 27.5 Å². The van der Waals surface area contributed by atoms with Gasteiger partial charge in [0.1, 0.15) is 11.5 Å². The molecule has 1 unspecified atom stereocenters. The molecule has 2 nitrogen and oxygen atoms in total. The van der Waals surface area contributed by atoms with Gasteiger partial charge >= 0.3 is 0 Å². The van der Waals surface area contributed by atoms with Gasteiger partial charge in [0, 0.05) is 21.1 Å². The van der Waals surface area contributed by atoms with Gasteiger partial charge in [-0.25, -0.2) is 0 Å². The van der Waals surface area contributed by atoms with Crippen LogP contribution in [0.2, 0.25) is 5.02 Å². The maximum Gasteiger partial charge on any atom is 0.132 e. The smallest absolute Gasteiger partial charge is 0.132 e. The van der Waals surface area contributed by atoms with Gasteiger partial charge in [-0.15, -0.1) is 0 Å². The van der Waals surface area contributed by atoms with Crippen molar-refractivity contribution in [3.8, 4) is 11.5 Å². The molecule has 2 aromatic rings. The van der Waals surface area contributed by atoms with Gasteiger partial charge in [0.25, 0.3) is 0 Å². The van der Waals surface area contributed by atoms with E-state index in [1.54, 1.807) is 0 Å². The van der Waals surface area contributed by atoms with Gasteiger partial charge in [0.2, 0.25) is 0 Å². The Morgan fingerprint density at radius 3 is 2.47 bits per heavy atom. The van der Waals surface area contributed by atoms with Crippen LogP contribution in [-0.2, 0) is 0 Å². The summed E-state index contributed by atoms with van der Waals surface area (Å²) in [5.41, 5.74) is 1.10. The summed E-state index contributed by atoms with van der Waals surface area (Å²) >= 11 is 9.36. The Hall–Kier alpha value is -1.03. The average molecular weight is 341 g/mol. The van der Waals surface area contributed by atoms with Crippen molar-refractivity contribution in [2.75, 3.05) is 7.05 Å². The lowest BCUT2D eigenvalue weighted by atomic mass is 10.1. The first-order chi connectivity index (χ1) is 9.10. The van der Waals surface area contributed by atoms with Crippen molar-refractivity contribution in [3.63, 3.8) is 0 Å². The molecular formula is C15H15BrClNO. The number of ether oxygens (including phenoxy) is 1. The van der Waals surface area contributed by atoms with Crippen molar-refractivity contribution in [2.45, 2.75) is 13.0 Å². The van der Waals surface area contributed by atoms with Crippen molar-refractivity contribution >= 4 is 27.5 Å². The van der Waals surface area contributed by atoms with Gasteiger partial charge in [-0.3, -0.25) is 0 Å². The summed E-state index contributed by atoms with van der Waals surface area (Å²) in [4.78, 5) is 0. The van der Waals surface area contributed by atoms with Gasteiger partial charge in [0.15, 0.2) is 0 Å². The Morgan fingerprint density at radius 1 is 1.16 bits per heavy atom. The highest BCUT2D eigenvalue weighted by molar-refractivity contribution is 9.10. The van der Waals surface area contributed by atoms with Crippen LogP contribution in [0.1, 0.15) is 18.5 Å². The summed E-state index contributed by atoms with van der Waals surface area (Å²) in [5.74, 6) is 1.61. The number of hydrogen-bond acceptors (Lipinski definition) is 2. The molecule has 4 heteroatoms. The third-order valence-corrected chi connectivity index (χ3v) is 3.66. The standard InChI is InChI=1S/C15H15BrClNO/c1-10(18-2)14-9-11(16)3-8-15(14)19-13-6-4-12(17)5-7-13/h3-10,18H,1-2H3. The normalized spacial score (nSPS) is 12.2. The lowest BCUT2D eigenvalue weighted by molar-refractivity contribution is 0.466. The second kappa shape index (κ2) is 6.42. The lowest BCUT2D eigenvalue weighted by Gasteiger charge is -2.16. The largest absolute Gasteiger partial charge is 0.457 e. The van der Waals surface area contributed by atoms with E-state index in [2.05, 4.69) is 34.2 Å². The molecule has 0 aliphatic carbocycles. The van der Waals surface area contributed by atoms with E-state index in [4.69, 9.17) is 16.3 Å². The third kappa shape index (κ3) is 3.72. The molecule has 1 atom stereocenters. The van der Waals surface area contributed by atoms with Crippen LogP contribution in [0.3, 0.4) is 0 Å². The topological polar surface area (TPSA) is 21.3 Å². The van der Waals surface area contributed by atoms with E-state index in [1.165, 1.54) is 0 Å². The van der Waals surface area contributed by atoms with E-state index >= 15 is 0 Å². The minimum absolute atomic E-state index is 0.208. The van der Waals surface area contributed by atoms with Crippen LogP contribution in [0.25, 0.3) is 0 Å². The number of benzene rings is 2. The molecule has 19 heavy (non-hydrogen) atoms. The molecule has 0 saturated carbocycles. The minimum Gasteiger partial charge on any atom is -0.457 e. The quantitative estimate of drug-likeness (QED) is 0.828. The van der Waals surface area contributed by atoms with Gasteiger partial charge in [-0.1, -0.05) is 27.5 Å². The van der Waals surface area contributed by atoms with E-state index in [0.717, 1.165) is 21.5 Å². The maximum absolute atomic E-state index is 5.92. The number of nitrogens with one attached hydrogen (secondary N) is 1. The Morgan fingerprint density at radius 2 is 1.84 bits per heavy atom. The summed E-state index contributed by atoms with van der Waals surface area (Å²) in [6.45, 7) is 2.09. The molecule has 2 rings (SSSR count). The van der Waals surface area contributed by atoms with E-state index < -0.39 is 0 Å². The summed E-state index contributed by atoms with van der Waals surface area (Å²) < 4.78 is 6.96. The second-order valence-electron chi connectivity index (χ2n) is 4.25. The highest BCUT2D eigenvalue weighted by Gasteiger charge is 2.11. The Kier molecular flexibility index (Phi) is 4.86. The molecule has 0 amide bonds. The summed E-state index contributed by atoms with van der Waals surface area (Å²) in [7, 11) is 1.93. The molecule has 0 aromatic heterocycles. The fraction of sp³-hybridized carbons (Fsp3) is 0.200. The fourth-order valence-electron chi connectivity index (χ4n) is 1.74. The van der Waals surface area contributed by atoms with E-state index in [1.807, 2.05) is 43.4 Å². The van der Waals surface area contributed by atoms with Crippen molar-refractivity contribution in [3.05, 3.63) is 57.5 Å². The number of halogens is 2. The molecule has 0 bridgehead atoms. The minimum atomic E-state index is 0.208. The van der Waals surface area contributed by atoms with Crippen LogP contribution in [0, 0.1) is 0 Å². The Bertz CT molecular complexity index is 557. The molecule has 0 radical (unpaired) electrons. The molecule has 2 aromatic carbocycles. The lowest BCUT2D eigenvalue weighted by Crippen LogP contribution is -2.13. The SMILES string of the molecule is CNC(C)c1cc(Br)ccc1Oc1ccc(Cl)cc1. The van der Waals surface area contributed by atoms with Crippen LogP contribution in [0.15, 0.2) is 46.9 Å². The summed E-state index contributed by atoms with van der Waals surface area (Å²) in [6, 6.07) is 13.6. The van der Waals surface area contributed by atoms with Crippen molar-refractivity contribution < 1.29 is 4.74 Å². The second-order valence-corrected chi connectivity index (χ2v) is 5.60. The molecule has 0 aliphatic heterocycles. The molecular weight excluding hydrogens is 326 g/mol. The first-order valence-corrected chi connectivity index (χ1v) is 7.17. The molecule has 0 fully saturated rings. The van der Waals surface area contributed by atoms with E-state index in [-0.39, 0.29) is 6.04 Å². The Labute approximate surface area is 126 Å². The number of rotatable bonds is 4. The third-order valence-electron chi connectivity index (χ3n) is 2.91. The maximum atomic E-state index is 5.92. The monoisotopic (exact) mass is 339 g/mol. The van der Waals surface area contributed by atoms with Crippen LogP contribution in [0.4, 0.5) is 0 Å². The highest BCUT2D eigenvalue weighted by atomic mass is 79.9. The number of hydrogen-bond donors (Lipinski definition) is 1. The average Bonchev–Trinajstić information content (AvgIpc) is 2.42.